The summed E-state index contributed by atoms with van der Waals surface area (Å²) in [7, 11) is 0. The molecule has 8 heteroatoms. The quantitative estimate of drug-likeness (QED) is 0.537. The molecule has 2 aromatic heterocycles. The number of aromatic hydroxyl groups is 1. The maximum atomic E-state index is 12.8. The predicted molar refractivity (Wildman–Crippen MR) is 98.2 cm³/mol. The van der Waals surface area contributed by atoms with E-state index in [2.05, 4.69) is 5.32 Å². The van der Waals surface area contributed by atoms with Gasteiger partial charge in [0, 0.05) is 17.6 Å². The molecule has 0 unspecified atom stereocenters. The molecule has 140 valence electrons. The molecule has 4 rings (SSSR count). The van der Waals surface area contributed by atoms with E-state index in [9.17, 15) is 19.5 Å². The summed E-state index contributed by atoms with van der Waals surface area (Å²) in [5.74, 6) is -0.915. The first-order chi connectivity index (χ1) is 13.5. The van der Waals surface area contributed by atoms with Gasteiger partial charge in [-0.3, -0.25) is 19.8 Å². The molecule has 0 bridgehead atoms. The van der Waals surface area contributed by atoms with Gasteiger partial charge in [0.05, 0.1) is 12.8 Å². The number of barbiturate groups is 1. The lowest BCUT2D eigenvalue weighted by atomic mass is 10.1. The van der Waals surface area contributed by atoms with Crippen LogP contribution in [0.2, 0.25) is 0 Å². The van der Waals surface area contributed by atoms with Crippen molar-refractivity contribution in [3.8, 4) is 11.4 Å². The highest BCUT2D eigenvalue weighted by molar-refractivity contribution is 6.30. The lowest BCUT2D eigenvalue weighted by Gasteiger charge is -2.25. The average Bonchev–Trinajstić information content (AvgIpc) is 3.35. The molecule has 0 spiro atoms. The van der Waals surface area contributed by atoms with Gasteiger partial charge < -0.3 is 14.1 Å². The van der Waals surface area contributed by atoms with Gasteiger partial charge in [-0.1, -0.05) is 0 Å². The molecule has 4 amide bonds. The first kappa shape index (κ1) is 17.3. The predicted octanol–water partition coefficient (Wildman–Crippen LogP) is 2.44. The molecule has 1 fully saturated rings. The van der Waals surface area contributed by atoms with Gasteiger partial charge in [-0.25, -0.2) is 4.79 Å². The summed E-state index contributed by atoms with van der Waals surface area (Å²) in [6, 6.07) is 12.5. The molecule has 0 saturated carbocycles. The third kappa shape index (κ3) is 3.18. The zero-order valence-corrected chi connectivity index (χ0v) is 14.5. The number of hydrogen-bond acceptors (Lipinski definition) is 5. The Labute approximate surface area is 159 Å². The van der Waals surface area contributed by atoms with Gasteiger partial charge >= 0.3 is 6.03 Å². The van der Waals surface area contributed by atoms with Crippen LogP contribution in [0, 0.1) is 0 Å². The number of nitrogens with zero attached hydrogens (tertiary/aromatic N) is 2. The Balaban J connectivity index is 1.68. The molecule has 3 aromatic rings. The van der Waals surface area contributed by atoms with E-state index in [1.807, 2.05) is 0 Å². The number of carbonyl (C=O) groups is 3. The Kier molecular flexibility index (Phi) is 4.29. The second-order valence-corrected chi connectivity index (χ2v) is 6.11. The molecule has 0 atom stereocenters. The monoisotopic (exact) mass is 377 g/mol. The Hall–Kier alpha value is -4.07. The van der Waals surface area contributed by atoms with Gasteiger partial charge in [0.25, 0.3) is 11.8 Å². The van der Waals surface area contributed by atoms with Crippen LogP contribution in [0.1, 0.15) is 11.5 Å². The highest BCUT2D eigenvalue weighted by atomic mass is 16.3. The summed E-state index contributed by atoms with van der Waals surface area (Å²) in [4.78, 5) is 38.1. The number of carbonyl (C=O) groups excluding carboxylic acids is 3. The van der Waals surface area contributed by atoms with Gasteiger partial charge in [0.15, 0.2) is 0 Å². The van der Waals surface area contributed by atoms with Crippen LogP contribution in [-0.4, -0.2) is 32.4 Å². The Morgan fingerprint density at radius 2 is 1.82 bits per heavy atom. The second-order valence-electron chi connectivity index (χ2n) is 6.11. The molecule has 1 aromatic carbocycles. The molecular formula is C20H15N3O5. The molecule has 8 nitrogen and oxygen atoms in total. The van der Waals surface area contributed by atoms with E-state index in [0.29, 0.717) is 11.5 Å². The summed E-state index contributed by atoms with van der Waals surface area (Å²) in [5.41, 5.74) is 1.14. The second kappa shape index (κ2) is 6.92. The molecule has 0 aliphatic carbocycles. The van der Waals surface area contributed by atoms with Crippen molar-refractivity contribution in [3.63, 3.8) is 0 Å². The van der Waals surface area contributed by atoms with Crippen LogP contribution in [0.4, 0.5) is 4.79 Å². The van der Waals surface area contributed by atoms with E-state index < -0.39 is 17.8 Å². The number of hydrogen-bond donors (Lipinski definition) is 2. The van der Waals surface area contributed by atoms with E-state index >= 15 is 0 Å². The summed E-state index contributed by atoms with van der Waals surface area (Å²) >= 11 is 0. The zero-order valence-electron chi connectivity index (χ0n) is 14.5. The summed E-state index contributed by atoms with van der Waals surface area (Å²) in [5, 5.41) is 11.6. The fraction of sp³-hybridized carbons (Fsp3) is 0.0500. The fourth-order valence-corrected chi connectivity index (χ4v) is 2.90. The number of amides is 4. The Morgan fingerprint density at radius 3 is 2.54 bits per heavy atom. The zero-order chi connectivity index (χ0) is 19.7. The van der Waals surface area contributed by atoms with Crippen LogP contribution in [0.3, 0.4) is 0 Å². The van der Waals surface area contributed by atoms with Crippen LogP contribution >= 0.6 is 0 Å². The molecule has 1 saturated heterocycles. The highest BCUT2D eigenvalue weighted by Crippen LogP contribution is 2.21. The van der Waals surface area contributed by atoms with Crippen molar-refractivity contribution >= 4 is 23.9 Å². The third-order valence-corrected chi connectivity index (χ3v) is 4.28. The average molecular weight is 377 g/mol. The number of aromatic nitrogens is 1. The van der Waals surface area contributed by atoms with Gasteiger partial charge in [-0.05, 0) is 54.6 Å². The topological polar surface area (TPSA) is 105 Å². The number of urea groups is 1. The third-order valence-electron chi connectivity index (χ3n) is 4.28. The van der Waals surface area contributed by atoms with Crippen molar-refractivity contribution in [1.29, 1.82) is 0 Å². The molecule has 2 N–H and O–H groups in total. The van der Waals surface area contributed by atoms with E-state index in [-0.39, 0.29) is 17.9 Å². The van der Waals surface area contributed by atoms with Gasteiger partial charge in [-0.15, -0.1) is 0 Å². The molecular weight excluding hydrogens is 362 g/mol. The lowest BCUT2D eigenvalue weighted by Crippen LogP contribution is -2.53. The number of rotatable bonds is 4. The molecule has 1 aliphatic rings. The van der Waals surface area contributed by atoms with Crippen LogP contribution in [0.15, 0.2) is 71.0 Å². The van der Waals surface area contributed by atoms with E-state index in [4.69, 9.17) is 4.42 Å². The van der Waals surface area contributed by atoms with Gasteiger partial charge in [0.2, 0.25) is 0 Å². The number of nitrogens with one attached hydrogen (secondary N) is 1. The number of furan rings is 1. The van der Waals surface area contributed by atoms with Crippen molar-refractivity contribution in [2.75, 3.05) is 0 Å². The molecule has 0 radical (unpaired) electrons. The largest absolute Gasteiger partial charge is 0.508 e. The van der Waals surface area contributed by atoms with Crippen LogP contribution in [-0.2, 0) is 16.1 Å². The number of phenols is 1. The minimum Gasteiger partial charge on any atom is -0.508 e. The van der Waals surface area contributed by atoms with E-state index in [1.54, 1.807) is 47.2 Å². The first-order valence-corrected chi connectivity index (χ1v) is 8.41. The SMILES string of the molecule is O=C1NC(=O)N(Cc2ccco2)C(=O)/C1=C/c1cccn1-c1ccc(O)cc1. The van der Waals surface area contributed by atoms with Crippen LogP contribution in [0.5, 0.6) is 5.75 Å². The number of phenolic OH excluding ortho intramolecular Hbond substituents is 1. The first-order valence-electron chi connectivity index (χ1n) is 8.41. The van der Waals surface area contributed by atoms with Crippen LogP contribution < -0.4 is 5.32 Å². The smallest absolute Gasteiger partial charge is 0.331 e. The number of imide groups is 2. The Bertz CT molecular complexity index is 1080. The Morgan fingerprint density at radius 1 is 1.04 bits per heavy atom. The fourth-order valence-electron chi connectivity index (χ4n) is 2.90. The van der Waals surface area contributed by atoms with Crippen LogP contribution in [0.25, 0.3) is 11.8 Å². The van der Waals surface area contributed by atoms with E-state index in [0.717, 1.165) is 10.6 Å². The summed E-state index contributed by atoms with van der Waals surface area (Å²) in [6.07, 6.45) is 4.62. The standard InChI is InChI=1S/C20H15N3O5/c24-15-7-5-13(6-8-15)22-9-1-3-14(22)11-17-18(25)21-20(27)23(19(17)26)12-16-4-2-10-28-16/h1-11,24H,12H2,(H,21,25,27)/b17-11+. The van der Waals surface area contributed by atoms with Gasteiger partial charge in [-0.2, -0.15) is 0 Å². The summed E-state index contributed by atoms with van der Waals surface area (Å²) in [6.45, 7) is -0.0821. The van der Waals surface area contributed by atoms with Crippen molar-refractivity contribution in [2.24, 2.45) is 0 Å². The van der Waals surface area contributed by atoms with Crippen molar-refractivity contribution < 1.29 is 23.9 Å². The summed E-state index contributed by atoms with van der Waals surface area (Å²) < 4.78 is 6.93. The minimum atomic E-state index is -0.794. The molecule has 1 aliphatic heterocycles. The minimum absolute atomic E-state index is 0.0821. The maximum absolute atomic E-state index is 12.8. The number of benzene rings is 1. The van der Waals surface area contributed by atoms with Crippen molar-refractivity contribution in [2.45, 2.75) is 6.54 Å². The van der Waals surface area contributed by atoms with Gasteiger partial charge in [0.1, 0.15) is 17.1 Å². The molecule has 3 heterocycles. The van der Waals surface area contributed by atoms with Crippen molar-refractivity contribution in [1.82, 2.24) is 14.8 Å². The van der Waals surface area contributed by atoms with Crippen molar-refractivity contribution in [3.05, 3.63) is 78.0 Å². The maximum Gasteiger partial charge on any atom is 0.331 e. The highest BCUT2D eigenvalue weighted by Gasteiger charge is 2.36. The molecule has 28 heavy (non-hydrogen) atoms. The lowest BCUT2D eigenvalue weighted by molar-refractivity contribution is -0.130. The normalized spacial score (nSPS) is 15.9. The van der Waals surface area contributed by atoms with E-state index in [1.165, 1.54) is 24.5 Å².